The fourth-order valence-corrected chi connectivity index (χ4v) is 4.75. The van der Waals surface area contributed by atoms with Crippen molar-refractivity contribution in [3.05, 3.63) is 34.6 Å². The third-order valence-electron chi connectivity index (χ3n) is 5.95. The molecule has 0 amide bonds. The number of Topliss-reactive ketones (excluding diaryl/α,β-unsaturated/α-hetero) is 1. The van der Waals surface area contributed by atoms with Gasteiger partial charge in [-0.3, -0.25) is 9.59 Å². The topological polar surface area (TPSA) is 72.8 Å². The standard InChI is InChI=1S/C22H26O5/c1-10-8-12(23)9-11(2)15(10)18-19(24)16-13-6-7-14(26-13)17(16)20(18)27-21(25)22(3,4)5/h8-9,13-14,16-17,23H,6-7H2,1-5H3/t13-,14+,16+,17-/m1/s1. The predicted octanol–water partition coefficient (Wildman–Crippen LogP) is 3.69. The molecule has 1 aromatic carbocycles. The number of carbonyl (C=O) groups is 2. The molecule has 3 aliphatic rings. The highest BCUT2D eigenvalue weighted by Gasteiger charge is 2.60. The van der Waals surface area contributed by atoms with Gasteiger partial charge in [-0.1, -0.05) is 0 Å². The van der Waals surface area contributed by atoms with Crippen molar-refractivity contribution in [2.24, 2.45) is 17.3 Å². The summed E-state index contributed by atoms with van der Waals surface area (Å²) < 4.78 is 11.9. The van der Waals surface area contributed by atoms with Gasteiger partial charge in [-0.25, -0.2) is 0 Å². The Morgan fingerprint density at radius 1 is 1.11 bits per heavy atom. The van der Waals surface area contributed by atoms with Gasteiger partial charge in [0.15, 0.2) is 5.78 Å². The van der Waals surface area contributed by atoms with Gasteiger partial charge in [0.05, 0.1) is 35.0 Å². The summed E-state index contributed by atoms with van der Waals surface area (Å²) >= 11 is 0. The molecule has 4 rings (SSSR count). The van der Waals surface area contributed by atoms with Crippen LogP contribution in [0.5, 0.6) is 5.75 Å². The average Bonchev–Trinajstić information content (AvgIpc) is 3.21. The Hall–Kier alpha value is -2.14. The summed E-state index contributed by atoms with van der Waals surface area (Å²) in [7, 11) is 0. The molecule has 1 N–H and O–H groups in total. The molecule has 2 fully saturated rings. The fraction of sp³-hybridized carbons (Fsp3) is 0.545. The number of esters is 1. The van der Waals surface area contributed by atoms with Gasteiger partial charge in [-0.15, -0.1) is 0 Å². The number of phenolic OH excluding ortho intramolecular Hbond substituents is 1. The highest BCUT2D eigenvalue weighted by Crippen LogP contribution is 2.55. The molecule has 4 atom stereocenters. The molecule has 2 heterocycles. The zero-order valence-corrected chi connectivity index (χ0v) is 16.5. The van der Waals surface area contributed by atoms with E-state index in [9.17, 15) is 14.7 Å². The summed E-state index contributed by atoms with van der Waals surface area (Å²) in [6.45, 7) is 9.14. The van der Waals surface area contributed by atoms with E-state index >= 15 is 0 Å². The molecular formula is C22H26O5. The molecule has 144 valence electrons. The summed E-state index contributed by atoms with van der Waals surface area (Å²) in [6, 6.07) is 3.29. The third-order valence-corrected chi connectivity index (χ3v) is 5.95. The van der Waals surface area contributed by atoms with Crippen molar-refractivity contribution in [2.75, 3.05) is 0 Å². The highest BCUT2D eigenvalue weighted by atomic mass is 16.5. The van der Waals surface area contributed by atoms with Crippen LogP contribution in [0, 0.1) is 31.1 Å². The van der Waals surface area contributed by atoms with Crippen LogP contribution in [0.15, 0.2) is 17.9 Å². The molecule has 0 spiro atoms. The molecule has 0 radical (unpaired) electrons. The van der Waals surface area contributed by atoms with E-state index in [1.165, 1.54) is 0 Å². The minimum absolute atomic E-state index is 0.000740. The average molecular weight is 370 g/mol. The van der Waals surface area contributed by atoms with E-state index in [1.54, 1.807) is 32.9 Å². The van der Waals surface area contributed by atoms with Crippen LogP contribution in [0.1, 0.15) is 50.3 Å². The van der Waals surface area contributed by atoms with Crippen LogP contribution in [0.2, 0.25) is 0 Å². The van der Waals surface area contributed by atoms with Crippen molar-refractivity contribution >= 4 is 17.3 Å². The zero-order valence-electron chi connectivity index (χ0n) is 16.5. The molecule has 0 aromatic heterocycles. The first-order chi connectivity index (χ1) is 12.6. The van der Waals surface area contributed by atoms with Crippen LogP contribution >= 0.6 is 0 Å². The molecular weight excluding hydrogens is 344 g/mol. The van der Waals surface area contributed by atoms with Crippen LogP contribution in [-0.2, 0) is 19.1 Å². The molecule has 2 aliphatic heterocycles. The van der Waals surface area contributed by atoms with Crippen LogP contribution in [-0.4, -0.2) is 29.1 Å². The van der Waals surface area contributed by atoms with Crippen LogP contribution in [0.25, 0.3) is 5.57 Å². The van der Waals surface area contributed by atoms with Crippen molar-refractivity contribution in [3.63, 3.8) is 0 Å². The Bertz CT molecular complexity index is 850. The Morgan fingerprint density at radius 2 is 1.67 bits per heavy atom. The molecule has 2 saturated heterocycles. The van der Waals surface area contributed by atoms with Gasteiger partial charge in [0, 0.05) is 0 Å². The quantitative estimate of drug-likeness (QED) is 0.804. The normalized spacial score (nSPS) is 29.4. The number of hydrogen-bond acceptors (Lipinski definition) is 5. The number of allylic oxidation sites excluding steroid dienone is 1. The molecule has 5 heteroatoms. The smallest absolute Gasteiger partial charge is 0.316 e. The van der Waals surface area contributed by atoms with E-state index in [0.29, 0.717) is 11.3 Å². The van der Waals surface area contributed by atoms with E-state index in [0.717, 1.165) is 29.5 Å². The van der Waals surface area contributed by atoms with Gasteiger partial charge in [0.25, 0.3) is 0 Å². The van der Waals surface area contributed by atoms with Crippen molar-refractivity contribution in [2.45, 2.75) is 59.7 Å². The first-order valence-corrected chi connectivity index (χ1v) is 9.56. The maximum atomic E-state index is 13.4. The van der Waals surface area contributed by atoms with Crippen molar-refractivity contribution in [3.8, 4) is 5.75 Å². The van der Waals surface area contributed by atoms with Gasteiger partial charge >= 0.3 is 5.97 Å². The molecule has 2 bridgehead atoms. The molecule has 0 saturated carbocycles. The number of benzene rings is 1. The number of aryl methyl sites for hydroxylation is 2. The van der Waals surface area contributed by atoms with Crippen molar-refractivity contribution in [1.29, 1.82) is 0 Å². The number of rotatable bonds is 2. The van der Waals surface area contributed by atoms with Crippen molar-refractivity contribution in [1.82, 2.24) is 0 Å². The van der Waals surface area contributed by atoms with E-state index < -0.39 is 5.41 Å². The third kappa shape index (κ3) is 2.71. The number of hydrogen-bond donors (Lipinski definition) is 1. The molecule has 27 heavy (non-hydrogen) atoms. The lowest BCUT2D eigenvalue weighted by molar-refractivity contribution is -0.149. The summed E-state index contributed by atoms with van der Waals surface area (Å²) in [4.78, 5) is 26.1. The van der Waals surface area contributed by atoms with Gasteiger partial charge in [-0.05, 0) is 76.3 Å². The molecule has 5 nitrogen and oxygen atoms in total. The number of carbonyl (C=O) groups excluding carboxylic acids is 2. The Balaban J connectivity index is 1.88. The molecule has 1 aliphatic carbocycles. The maximum absolute atomic E-state index is 13.4. The molecule has 1 aromatic rings. The minimum atomic E-state index is -0.670. The lowest BCUT2D eigenvalue weighted by atomic mass is 9.80. The van der Waals surface area contributed by atoms with Crippen LogP contribution < -0.4 is 0 Å². The summed E-state index contributed by atoms with van der Waals surface area (Å²) in [5, 5.41) is 9.89. The first-order valence-electron chi connectivity index (χ1n) is 9.56. The lowest BCUT2D eigenvalue weighted by Crippen LogP contribution is -2.31. The zero-order chi connectivity index (χ0) is 19.7. The monoisotopic (exact) mass is 370 g/mol. The van der Waals surface area contributed by atoms with Crippen LogP contribution in [0.3, 0.4) is 0 Å². The van der Waals surface area contributed by atoms with Gasteiger partial charge < -0.3 is 14.6 Å². The summed E-state index contributed by atoms with van der Waals surface area (Å²) in [5.74, 6) is -0.175. The second-order valence-electron chi connectivity index (χ2n) is 9.04. The van der Waals surface area contributed by atoms with Gasteiger partial charge in [-0.2, -0.15) is 0 Å². The Labute approximate surface area is 159 Å². The number of phenols is 1. The number of fused-ring (bicyclic) bond motifs is 5. The SMILES string of the molecule is Cc1cc(O)cc(C)c1C1=C(OC(=O)C(C)(C)C)[C@H]2[C@@H](C1=O)[C@H]1CC[C@@H]2O1. The minimum Gasteiger partial charge on any atom is -0.508 e. The Morgan fingerprint density at radius 3 is 2.22 bits per heavy atom. The highest BCUT2D eigenvalue weighted by molar-refractivity contribution is 6.26. The number of ketones is 1. The van der Waals surface area contributed by atoms with E-state index in [1.807, 2.05) is 13.8 Å². The maximum Gasteiger partial charge on any atom is 0.316 e. The number of aromatic hydroxyl groups is 1. The predicted molar refractivity (Wildman–Crippen MR) is 99.9 cm³/mol. The summed E-state index contributed by atoms with van der Waals surface area (Å²) in [5.41, 5.74) is 2.19. The van der Waals surface area contributed by atoms with E-state index in [-0.39, 0.29) is 41.5 Å². The second-order valence-corrected chi connectivity index (χ2v) is 9.04. The number of ether oxygens (including phenoxy) is 2. The van der Waals surface area contributed by atoms with Crippen LogP contribution in [0.4, 0.5) is 0 Å². The van der Waals surface area contributed by atoms with E-state index in [4.69, 9.17) is 9.47 Å². The van der Waals surface area contributed by atoms with Gasteiger partial charge in [0.1, 0.15) is 11.5 Å². The van der Waals surface area contributed by atoms with Gasteiger partial charge in [0.2, 0.25) is 0 Å². The first kappa shape index (κ1) is 18.2. The second kappa shape index (κ2) is 5.93. The summed E-state index contributed by atoms with van der Waals surface area (Å²) in [6.07, 6.45) is 1.60. The lowest BCUT2D eigenvalue weighted by Gasteiger charge is -2.24. The Kier molecular flexibility index (Phi) is 4.00. The van der Waals surface area contributed by atoms with Crippen molar-refractivity contribution < 1.29 is 24.2 Å². The molecule has 0 unspecified atom stereocenters. The largest absolute Gasteiger partial charge is 0.508 e. The fourth-order valence-electron chi connectivity index (χ4n) is 4.75. The van der Waals surface area contributed by atoms with E-state index in [2.05, 4.69) is 0 Å².